The minimum Gasteiger partial charge on any atom is -0.379 e. The zero-order chi connectivity index (χ0) is 20.0. The van der Waals surface area contributed by atoms with Crippen molar-refractivity contribution < 1.29 is 17.9 Å². The summed E-state index contributed by atoms with van der Waals surface area (Å²) >= 11 is 1.97. The van der Waals surface area contributed by atoms with Gasteiger partial charge in [0, 0.05) is 44.5 Å². The van der Waals surface area contributed by atoms with Gasteiger partial charge in [0.2, 0.25) is 0 Å². The predicted octanol–water partition coefficient (Wildman–Crippen LogP) is 2.58. The maximum absolute atomic E-state index is 12.7. The number of thioether (sulfide) groups is 1. The van der Waals surface area contributed by atoms with Gasteiger partial charge in [-0.1, -0.05) is 12.1 Å². The second-order valence-electron chi connectivity index (χ2n) is 7.10. The molecule has 2 aliphatic rings. The minimum atomic E-state index is -4.31. The van der Waals surface area contributed by atoms with Gasteiger partial charge in [0.05, 0.1) is 18.8 Å². The van der Waals surface area contributed by atoms with Crippen molar-refractivity contribution in [3.05, 3.63) is 35.4 Å². The molecule has 156 valence electrons. The summed E-state index contributed by atoms with van der Waals surface area (Å²) in [6.07, 6.45) is -3.18. The number of halogens is 3. The largest absolute Gasteiger partial charge is 0.416 e. The Balaban J connectivity index is 1.54. The number of ether oxygens (including phenoxy) is 1. The van der Waals surface area contributed by atoms with E-state index in [1.165, 1.54) is 12.1 Å². The average molecular weight is 417 g/mol. The Kier molecular flexibility index (Phi) is 7.11. The molecule has 1 atom stereocenters. The van der Waals surface area contributed by atoms with Crippen LogP contribution in [0.2, 0.25) is 0 Å². The zero-order valence-corrected chi connectivity index (χ0v) is 16.8. The molecular weight excluding hydrogens is 389 g/mol. The van der Waals surface area contributed by atoms with Gasteiger partial charge in [-0.3, -0.25) is 9.89 Å². The third kappa shape index (κ3) is 5.33. The average Bonchev–Trinajstić information content (AvgIpc) is 3.19. The SMILES string of the molecule is CN=C(NCc1ccc(C(F)(F)F)cc1)NCC1(N2CCOCC2)CCSC1. The van der Waals surface area contributed by atoms with Crippen LogP contribution in [0, 0.1) is 0 Å². The molecule has 9 heteroatoms. The highest BCUT2D eigenvalue weighted by Gasteiger charge is 2.40. The van der Waals surface area contributed by atoms with Crippen molar-refractivity contribution in [1.82, 2.24) is 15.5 Å². The van der Waals surface area contributed by atoms with Crippen molar-refractivity contribution in [1.29, 1.82) is 0 Å². The van der Waals surface area contributed by atoms with E-state index in [9.17, 15) is 13.2 Å². The molecule has 0 amide bonds. The van der Waals surface area contributed by atoms with Crippen LogP contribution in [0.4, 0.5) is 13.2 Å². The van der Waals surface area contributed by atoms with Crippen LogP contribution in [0.15, 0.2) is 29.3 Å². The van der Waals surface area contributed by atoms with Crippen LogP contribution in [0.25, 0.3) is 0 Å². The predicted molar refractivity (Wildman–Crippen MR) is 107 cm³/mol. The normalized spacial score (nSPS) is 24.4. The molecule has 0 spiro atoms. The number of guanidine groups is 1. The molecule has 1 aromatic carbocycles. The van der Waals surface area contributed by atoms with E-state index in [1.54, 1.807) is 7.05 Å². The number of aliphatic imine (C=N–C) groups is 1. The number of hydrogen-bond acceptors (Lipinski definition) is 4. The molecule has 0 aliphatic carbocycles. The van der Waals surface area contributed by atoms with Gasteiger partial charge in [-0.05, 0) is 29.9 Å². The summed E-state index contributed by atoms with van der Waals surface area (Å²) < 4.78 is 43.5. The number of alkyl halides is 3. The summed E-state index contributed by atoms with van der Waals surface area (Å²) in [7, 11) is 1.70. The number of nitrogens with zero attached hydrogens (tertiary/aromatic N) is 2. The zero-order valence-electron chi connectivity index (χ0n) is 16.0. The number of benzene rings is 1. The Morgan fingerprint density at radius 2 is 1.93 bits per heavy atom. The lowest BCUT2D eigenvalue weighted by Gasteiger charge is -2.43. The molecule has 2 N–H and O–H groups in total. The Labute approximate surface area is 168 Å². The van der Waals surface area contributed by atoms with Crippen LogP contribution in [0.5, 0.6) is 0 Å². The molecule has 0 bridgehead atoms. The van der Waals surface area contributed by atoms with Crippen LogP contribution < -0.4 is 10.6 Å². The van der Waals surface area contributed by atoms with Crippen LogP contribution in [-0.2, 0) is 17.5 Å². The van der Waals surface area contributed by atoms with Gasteiger partial charge < -0.3 is 15.4 Å². The first-order chi connectivity index (χ1) is 13.4. The molecule has 0 saturated carbocycles. The molecular formula is C19H27F3N4OS. The van der Waals surface area contributed by atoms with E-state index in [2.05, 4.69) is 20.5 Å². The molecule has 0 aromatic heterocycles. The van der Waals surface area contributed by atoms with Gasteiger partial charge in [0.25, 0.3) is 0 Å². The minimum absolute atomic E-state index is 0.0976. The van der Waals surface area contributed by atoms with E-state index in [0.717, 1.165) is 68.5 Å². The highest BCUT2D eigenvalue weighted by Crippen LogP contribution is 2.33. The molecule has 1 unspecified atom stereocenters. The third-order valence-electron chi connectivity index (χ3n) is 5.31. The number of hydrogen-bond donors (Lipinski definition) is 2. The molecule has 2 aliphatic heterocycles. The summed E-state index contributed by atoms with van der Waals surface area (Å²) in [5.41, 5.74) is 0.237. The fraction of sp³-hybridized carbons (Fsp3) is 0.632. The summed E-state index contributed by atoms with van der Waals surface area (Å²) in [5, 5.41) is 6.61. The summed E-state index contributed by atoms with van der Waals surface area (Å²) in [4.78, 5) is 6.78. The Bertz CT molecular complexity index is 654. The molecule has 2 fully saturated rings. The van der Waals surface area contributed by atoms with Gasteiger partial charge in [-0.2, -0.15) is 24.9 Å². The standard InChI is InChI=1S/C19H27F3N4OS/c1-23-17(24-12-15-2-4-16(5-3-15)19(20,21)22)25-13-18(6-11-28-14-18)26-7-9-27-10-8-26/h2-5H,6-14H2,1H3,(H2,23,24,25). The lowest BCUT2D eigenvalue weighted by molar-refractivity contribution is -0.137. The third-order valence-corrected chi connectivity index (χ3v) is 6.55. The smallest absolute Gasteiger partial charge is 0.379 e. The molecule has 5 nitrogen and oxygen atoms in total. The number of nitrogens with one attached hydrogen (secondary N) is 2. The molecule has 1 aromatic rings. The first-order valence-corrected chi connectivity index (χ1v) is 10.6. The first-order valence-electron chi connectivity index (χ1n) is 9.44. The van der Waals surface area contributed by atoms with E-state index >= 15 is 0 Å². The molecule has 28 heavy (non-hydrogen) atoms. The van der Waals surface area contributed by atoms with Crippen LogP contribution in [0.3, 0.4) is 0 Å². The van der Waals surface area contributed by atoms with Crippen LogP contribution in [0.1, 0.15) is 17.5 Å². The first kappa shape index (κ1) is 21.3. The van der Waals surface area contributed by atoms with Crippen molar-refractivity contribution in [3.8, 4) is 0 Å². The van der Waals surface area contributed by atoms with E-state index in [4.69, 9.17) is 4.74 Å². The van der Waals surface area contributed by atoms with Crippen LogP contribution in [-0.4, -0.2) is 67.8 Å². The van der Waals surface area contributed by atoms with Crippen molar-refractivity contribution in [2.45, 2.75) is 24.7 Å². The highest BCUT2D eigenvalue weighted by molar-refractivity contribution is 7.99. The number of rotatable bonds is 5. The quantitative estimate of drug-likeness (QED) is 0.571. The Hall–Kier alpha value is -1.45. The molecule has 0 radical (unpaired) electrons. The van der Waals surface area contributed by atoms with Gasteiger partial charge >= 0.3 is 6.18 Å². The van der Waals surface area contributed by atoms with E-state index in [0.29, 0.717) is 12.5 Å². The Morgan fingerprint density at radius 3 is 2.50 bits per heavy atom. The second kappa shape index (κ2) is 9.37. The second-order valence-corrected chi connectivity index (χ2v) is 8.21. The molecule has 2 heterocycles. The summed E-state index contributed by atoms with van der Waals surface area (Å²) in [6.45, 7) is 4.63. The lowest BCUT2D eigenvalue weighted by atomic mass is 9.95. The topological polar surface area (TPSA) is 48.9 Å². The summed E-state index contributed by atoms with van der Waals surface area (Å²) in [5.74, 6) is 2.89. The van der Waals surface area contributed by atoms with Gasteiger partial charge in [0.15, 0.2) is 5.96 Å². The van der Waals surface area contributed by atoms with E-state index in [1.807, 2.05) is 11.8 Å². The molecule has 2 saturated heterocycles. The van der Waals surface area contributed by atoms with Crippen molar-refractivity contribution in [3.63, 3.8) is 0 Å². The number of morpholine rings is 1. The van der Waals surface area contributed by atoms with Gasteiger partial charge in [-0.25, -0.2) is 0 Å². The maximum atomic E-state index is 12.7. The van der Waals surface area contributed by atoms with Gasteiger partial charge in [-0.15, -0.1) is 0 Å². The molecule has 3 rings (SSSR count). The van der Waals surface area contributed by atoms with E-state index < -0.39 is 11.7 Å². The fourth-order valence-electron chi connectivity index (χ4n) is 3.60. The van der Waals surface area contributed by atoms with Crippen molar-refractivity contribution in [2.75, 3.05) is 51.4 Å². The van der Waals surface area contributed by atoms with Gasteiger partial charge in [0.1, 0.15) is 0 Å². The van der Waals surface area contributed by atoms with Crippen molar-refractivity contribution in [2.24, 2.45) is 4.99 Å². The van der Waals surface area contributed by atoms with Crippen LogP contribution >= 0.6 is 11.8 Å². The highest BCUT2D eigenvalue weighted by atomic mass is 32.2. The Morgan fingerprint density at radius 1 is 1.21 bits per heavy atom. The fourth-order valence-corrected chi connectivity index (χ4v) is 5.08. The van der Waals surface area contributed by atoms with Crippen molar-refractivity contribution >= 4 is 17.7 Å². The maximum Gasteiger partial charge on any atom is 0.416 e. The van der Waals surface area contributed by atoms with E-state index in [-0.39, 0.29) is 5.54 Å². The summed E-state index contributed by atoms with van der Waals surface area (Å²) in [6, 6.07) is 5.20. The lowest BCUT2D eigenvalue weighted by Crippen LogP contribution is -2.60. The monoisotopic (exact) mass is 416 g/mol.